The molecule has 9 nitrogen and oxygen atoms in total. The number of rotatable bonds is 6. The van der Waals surface area contributed by atoms with E-state index in [1.54, 1.807) is 25.7 Å². The smallest absolute Gasteiger partial charge is 0.408 e. The van der Waals surface area contributed by atoms with Crippen molar-refractivity contribution >= 4 is 12.0 Å². The van der Waals surface area contributed by atoms with Gasteiger partial charge in [-0.1, -0.05) is 13.8 Å². The van der Waals surface area contributed by atoms with Crippen LogP contribution in [0.4, 0.5) is 4.79 Å². The predicted molar refractivity (Wildman–Crippen MR) is 104 cm³/mol. The molecule has 2 saturated heterocycles. The molecule has 0 bridgehead atoms. The molecule has 2 heterocycles. The lowest BCUT2D eigenvalue weighted by molar-refractivity contribution is -0.227. The molecule has 0 aromatic rings. The third-order valence-electron chi connectivity index (χ3n) is 5.20. The summed E-state index contributed by atoms with van der Waals surface area (Å²) < 4.78 is 22.3. The van der Waals surface area contributed by atoms with Crippen LogP contribution in [0.3, 0.4) is 0 Å². The van der Waals surface area contributed by atoms with Crippen molar-refractivity contribution < 1.29 is 28.5 Å². The van der Waals surface area contributed by atoms with Crippen LogP contribution in [0.25, 0.3) is 0 Å². The largest absolute Gasteiger partial charge is 0.444 e. The van der Waals surface area contributed by atoms with E-state index < -0.39 is 41.6 Å². The maximum atomic E-state index is 13.5. The Morgan fingerprint density at radius 2 is 1.93 bits per heavy atom. The van der Waals surface area contributed by atoms with Crippen molar-refractivity contribution in [3.05, 3.63) is 0 Å². The summed E-state index contributed by atoms with van der Waals surface area (Å²) in [5, 5.41) is 12.2. The lowest BCUT2D eigenvalue weighted by atomic mass is 9.99. The molecule has 0 spiro atoms. The minimum Gasteiger partial charge on any atom is -0.444 e. The highest BCUT2D eigenvalue weighted by Crippen LogP contribution is 2.41. The first-order chi connectivity index (χ1) is 13.5. The molecule has 0 aromatic carbocycles. The van der Waals surface area contributed by atoms with Crippen molar-refractivity contribution in [2.24, 2.45) is 11.8 Å². The number of likely N-dealkylation sites (tertiary alicyclic amines) is 1. The number of carbonyl (C=O) groups excluding carboxylic acids is 2. The Balaban J connectivity index is 2.28. The summed E-state index contributed by atoms with van der Waals surface area (Å²) in [7, 11) is 2.98. The van der Waals surface area contributed by atoms with Crippen LogP contribution in [-0.4, -0.2) is 73.8 Å². The summed E-state index contributed by atoms with van der Waals surface area (Å²) in [5.74, 6) is -1.81. The van der Waals surface area contributed by atoms with Gasteiger partial charge in [-0.25, -0.2) is 4.79 Å². The second-order valence-electron chi connectivity index (χ2n) is 9.00. The topological polar surface area (TPSA) is 110 Å². The van der Waals surface area contributed by atoms with Gasteiger partial charge >= 0.3 is 6.09 Å². The Bertz CT molecular complexity index is 650. The number of fused-ring (bicyclic) bond motifs is 1. The van der Waals surface area contributed by atoms with Gasteiger partial charge in [0.2, 0.25) is 11.7 Å². The quantitative estimate of drug-likeness (QED) is 0.662. The minimum absolute atomic E-state index is 0.117. The van der Waals surface area contributed by atoms with Crippen molar-refractivity contribution in [1.29, 1.82) is 5.26 Å². The molecule has 2 rings (SSSR count). The molecule has 2 aliphatic heterocycles. The molecule has 2 aliphatic rings. The Hall–Kier alpha value is -1.89. The predicted octanol–water partition coefficient (Wildman–Crippen LogP) is 1.66. The normalized spacial score (nSPS) is 26.7. The third-order valence-corrected chi connectivity index (χ3v) is 5.20. The van der Waals surface area contributed by atoms with E-state index in [-0.39, 0.29) is 25.0 Å². The molecule has 0 saturated carbocycles. The number of hydrogen-bond acceptors (Lipinski definition) is 7. The average molecular weight is 411 g/mol. The number of nitriles is 1. The molecule has 1 unspecified atom stereocenters. The van der Waals surface area contributed by atoms with E-state index in [1.165, 1.54) is 14.2 Å². The Kier molecular flexibility index (Phi) is 7.14. The van der Waals surface area contributed by atoms with Crippen LogP contribution in [0.2, 0.25) is 0 Å². The molecule has 2 fully saturated rings. The van der Waals surface area contributed by atoms with Crippen LogP contribution in [0.5, 0.6) is 0 Å². The Morgan fingerprint density at radius 1 is 1.31 bits per heavy atom. The second kappa shape index (κ2) is 8.86. The number of hydrogen-bond donors (Lipinski definition) is 1. The van der Waals surface area contributed by atoms with Gasteiger partial charge in [0.15, 0.2) is 0 Å². The lowest BCUT2D eigenvalue weighted by Crippen LogP contribution is -2.59. The van der Waals surface area contributed by atoms with Gasteiger partial charge in [0.05, 0.1) is 12.0 Å². The van der Waals surface area contributed by atoms with Crippen molar-refractivity contribution in [3.63, 3.8) is 0 Å². The highest BCUT2D eigenvalue weighted by molar-refractivity contribution is 5.86. The van der Waals surface area contributed by atoms with Crippen LogP contribution in [0, 0.1) is 23.2 Å². The fraction of sp³-hybridized carbons (Fsp3) is 0.850. The summed E-state index contributed by atoms with van der Waals surface area (Å²) in [6.07, 6.45) is -0.738. The van der Waals surface area contributed by atoms with E-state index in [2.05, 4.69) is 11.4 Å². The Labute approximate surface area is 172 Å². The maximum Gasteiger partial charge on any atom is 0.408 e. The summed E-state index contributed by atoms with van der Waals surface area (Å²) >= 11 is 0. The molecule has 1 N–H and O–H groups in total. The summed E-state index contributed by atoms with van der Waals surface area (Å²) in [6, 6.07) is 0.840. The van der Waals surface area contributed by atoms with Gasteiger partial charge in [-0.3, -0.25) is 4.79 Å². The van der Waals surface area contributed by atoms with Gasteiger partial charge in [0.1, 0.15) is 30.4 Å². The van der Waals surface area contributed by atoms with E-state index in [1.807, 2.05) is 13.8 Å². The molecular formula is C20H33N3O6. The summed E-state index contributed by atoms with van der Waals surface area (Å²) in [4.78, 5) is 27.4. The number of carbonyl (C=O) groups is 2. The van der Waals surface area contributed by atoms with Crippen LogP contribution >= 0.6 is 0 Å². The number of ether oxygens (including phenoxy) is 4. The van der Waals surface area contributed by atoms with Crippen LogP contribution in [0.1, 0.15) is 41.0 Å². The number of nitrogens with zero attached hydrogens (tertiary/aromatic N) is 2. The molecular weight excluding hydrogens is 378 g/mol. The monoisotopic (exact) mass is 411 g/mol. The van der Waals surface area contributed by atoms with E-state index in [4.69, 9.17) is 18.9 Å². The molecule has 2 amide bonds. The first-order valence-corrected chi connectivity index (χ1v) is 9.89. The van der Waals surface area contributed by atoms with Gasteiger partial charge in [-0.2, -0.15) is 5.26 Å². The number of methoxy groups -OCH3 is 2. The van der Waals surface area contributed by atoms with Gasteiger partial charge in [0.25, 0.3) is 0 Å². The molecule has 29 heavy (non-hydrogen) atoms. The minimum atomic E-state index is -1.15. The van der Waals surface area contributed by atoms with E-state index in [0.29, 0.717) is 6.42 Å². The van der Waals surface area contributed by atoms with Crippen molar-refractivity contribution in [3.8, 4) is 6.07 Å². The first kappa shape index (κ1) is 23.4. The van der Waals surface area contributed by atoms with Crippen LogP contribution in [0.15, 0.2) is 0 Å². The van der Waals surface area contributed by atoms with Gasteiger partial charge < -0.3 is 29.2 Å². The highest BCUT2D eigenvalue weighted by Gasteiger charge is 2.62. The van der Waals surface area contributed by atoms with E-state index >= 15 is 0 Å². The maximum absolute atomic E-state index is 13.5. The zero-order chi connectivity index (χ0) is 22.0. The van der Waals surface area contributed by atoms with Crippen molar-refractivity contribution in [1.82, 2.24) is 10.2 Å². The van der Waals surface area contributed by atoms with Gasteiger partial charge in [-0.05, 0) is 33.1 Å². The number of alkyl carbamates (subject to hydrolysis) is 1. The summed E-state index contributed by atoms with van der Waals surface area (Å²) in [6.45, 7) is 9.52. The molecule has 0 radical (unpaired) electrons. The van der Waals surface area contributed by atoms with E-state index in [0.717, 1.165) is 0 Å². The average Bonchev–Trinajstić information content (AvgIpc) is 3.17. The fourth-order valence-corrected chi connectivity index (χ4v) is 3.95. The van der Waals surface area contributed by atoms with Gasteiger partial charge in [0, 0.05) is 20.8 Å². The fourth-order valence-electron chi connectivity index (χ4n) is 3.95. The molecule has 9 heteroatoms. The molecule has 0 aromatic heterocycles. The number of amides is 2. The molecule has 164 valence electrons. The third kappa shape index (κ3) is 5.00. The summed E-state index contributed by atoms with van der Waals surface area (Å²) in [5.41, 5.74) is -0.680. The standard InChI is InChI=1S/C20H33N3O6/c1-12(2)8-14(22-18(25)29-19(3,4)5)17(24)23-10-13(9-21)15-16(23)20(26-6,27-7)11-28-15/h12-16H,8,10-11H2,1-7H3,(H,22,25)/t13-,14+,15?,16+/m1/s1. The molecule has 0 aliphatic carbocycles. The zero-order valence-electron chi connectivity index (χ0n) is 18.4. The lowest BCUT2D eigenvalue weighted by Gasteiger charge is -2.37. The zero-order valence-corrected chi connectivity index (χ0v) is 18.4. The number of nitrogens with one attached hydrogen (secondary N) is 1. The molecule has 4 atom stereocenters. The SMILES string of the molecule is COC1(OC)COC2[C@H](C#N)CN(C(=O)[C@H](CC(C)C)NC(=O)OC(C)(C)C)[C@@H]21. The van der Waals surface area contributed by atoms with Crippen molar-refractivity contribution in [2.45, 2.75) is 70.6 Å². The van der Waals surface area contributed by atoms with E-state index in [9.17, 15) is 14.9 Å². The van der Waals surface area contributed by atoms with Crippen LogP contribution < -0.4 is 5.32 Å². The van der Waals surface area contributed by atoms with Crippen molar-refractivity contribution in [2.75, 3.05) is 27.4 Å². The van der Waals surface area contributed by atoms with Crippen LogP contribution in [-0.2, 0) is 23.7 Å². The Morgan fingerprint density at radius 3 is 2.41 bits per heavy atom. The first-order valence-electron chi connectivity index (χ1n) is 9.89. The van der Waals surface area contributed by atoms with Gasteiger partial charge in [-0.15, -0.1) is 0 Å². The highest BCUT2D eigenvalue weighted by atomic mass is 16.7. The second-order valence-corrected chi connectivity index (χ2v) is 9.00.